The number of anilines is 1. The Hall–Kier alpha value is -3.33. The Morgan fingerprint density at radius 1 is 1.15 bits per heavy atom. The molecule has 1 amide bonds. The highest BCUT2D eigenvalue weighted by Crippen LogP contribution is 2.15. The van der Waals surface area contributed by atoms with Crippen LogP contribution in [-0.4, -0.2) is 25.1 Å². The quantitative estimate of drug-likeness (QED) is 0.774. The van der Waals surface area contributed by atoms with Crippen molar-refractivity contribution in [2.45, 2.75) is 25.9 Å². The molecule has 0 aliphatic rings. The van der Waals surface area contributed by atoms with Gasteiger partial charge in [-0.15, -0.1) is 0 Å². The molecule has 1 N–H and O–H groups in total. The molecular formula is C20H20N2O4. The van der Waals surface area contributed by atoms with Gasteiger partial charge in [0, 0.05) is 6.42 Å². The number of nitriles is 1. The summed E-state index contributed by atoms with van der Waals surface area (Å²) in [7, 11) is 1.59. The van der Waals surface area contributed by atoms with Gasteiger partial charge in [0.25, 0.3) is 5.91 Å². The van der Waals surface area contributed by atoms with E-state index in [0.29, 0.717) is 17.7 Å². The standard InChI is InChI=1S/C20H20N2O4/c1-14(20(24)22-18-6-4-3-5-16(18)13-21)26-19(23)12-9-15-7-10-17(25-2)11-8-15/h3-8,10-11,14H,9,12H2,1-2H3,(H,22,24)/t14-/m0/s1. The monoisotopic (exact) mass is 352 g/mol. The zero-order valence-corrected chi connectivity index (χ0v) is 14.7. The second kappa shape index (κ2) is 9.23. The van der Waals surface area contributed by atoms with E-state index in [1.54, 1.807) is 31.4 Å². The second-order valence-corrected chi connectivity index (χ2v) is 5.63. The number of nitrogens with zero attached hydrogens (tertiary/aromatic N) is 1. The molecule has 0 aliphatic heterocycles. The van der Waals surface area contributed by atoms with Crippen LogP contribution in [0.3, 0.4) is 0 Å². The first kappa shape index (κ1) is 19.0. The highest BCUT2D eigenvalue weighted by Gasteiger charge is 2.18. The Bertz CT molecular complexity index is 809. The summed E-state index contributed by atoms with van der Waals surface area (Å²) in [5.41, 5.74) is 1.71. The van der Waals surface area contributed by atoms with Crippen LogP contribution < -0.4 is 10.1 Å². The number of hydrogen-bond acceptors (Lipinski definition) is 5. The van der Waals surface area contributed by atoms with Crippen LogP contribution in [0.5, 0.6) is 5.75 Å². The number of methoxy groups -OCH3 is 1. The van der Waals surface area contributed by atoms with Gasteiger partial charge >= 0.3 is 5.97 Å². The first-order chi connectivity index (χ1) is 12.5. The summed E-state index contributed by atoms with van der Waals surface area (Å²) in [5, 5.41) is 11.6. The number of aryl methyl sites for hydroxylation is 1. The van der Waals surface area contributed by atoms with Crippen LogP contribution in [0.1, 0.15) is 24.5 Å². The average molecular weight is 352 g/mol. The van der Waals surface area contributed by atoms with Gasteiger partial charge in [-0.25, -0.2) is 0 Å². The molecule has 0 bridgehead atoms. The normalized spacial score (nSPS) is 11.1. The summed E-state index contributed by atoms with van der Waals surface area (Å²) >= 11 is 0. The maximum absolute atomic E-state index is 12.1. The molecule has 0 aromatic heterocycles. The lowest BCUT2D eigenvalue weighted by Gasteiger charge is -2.14. The molecule has 0 saturated carbocycles. The zero-order chi connectivity index (χ0) is 18.9. The largest absolute Gasteiger partial charge is 0.497 e. The van der Waals surface area contributed by atoms with Crippen molar-refractivity contribution in [2.24, 2.45) is 0 Å². The number of carbonyl (C=O) groups is 2. The van der Waals surface area contributed by atoms with Gasteiger partial charge in [0.05, 0.1) is 18.4 Å². The molecule has 0 aliphatic carbocycles. The van der Waals surface area contributed by atoms with Crippen LogP contribution in [0, 0.1) is 11.3 Å². The number of hydrogen-bond donors (Lipinski definition) is 1. The fraction of sp³-hybridized carbons (Fsp3) is 0.250. The van der Waals surface area contributed by atoms with E-state index in [-0.39, 0.29) is 6.42 Å². The minimum absolute atomic E-state index is 0.165. The van der Waals surface area contributed by atoms with Gasteiger partial charge in [0.1, 0.15) is 11.8 Å². The topological polar surface area (TPSA) is 88.4 Å². The first-order valence-corrected chi connectivity index (χ1v) is 8.16. The van der Waals surface area contributed by atoms with Crippen molar-refractivity contribution in [1.29, 1.82) is 5.26 Å². The minimum atomic E-state index is -0.954. The lowest BCUT2D eigenvalue weighted by molar-refractivity contribution is -0.153. The van der Waals surface area contributed by atoms with Crippen molar-refractivity contribution in [3.63, 3.8) is 0 Å². The maximum atomic E-state index is 12.1. The summed E-state index contributed by atoms with van der Waals surface area (Å²) in [6.45, 7) is 1.50. The number of nitrogens with one attached hydrogen (secondary N) is 1. The summed E-state index contributed by atoms with van der Waals surface area (Å²) in [6, 6.07) is 16.0. The Kier molecular flexibility index (Phi) is 6.75. The van der Waals surface area contributed by atoms with Gasteiger partial charge in [-0.1, -0.05) is 24.3 Å². The van der Waals surface area contributed by atoms with Crippen molar-refractivity contribution >= 4 is 17.6 Å². The fourth-order valence-corrected chi connectivity index (χ4v) is 2.27. The molecule has 134 valence electrons. The Morgan fingerprint density at radius 2 is 1.85 bits per heavy atom. The molecule has 0 fully saturated rings. The molecule has 1 atom stereocenters. The van der Waals surface area contributed by atoms with Crippen LogP contribution in [0.4, 0.5) is 5.69 Å². The van der Waals surface area contributed by atoms with Crippen molar-refractivity contribution in [3.8, 4) is 11.8 Å². The average Bonchev–Trinajstić information content (AvgIpc) is 2.67. The molecule has 6 nitrogen and oxygen atoms in total. The van der Waals surface area contributed by atoms with Gasteiger partial charge in [-0.3, -0.25) is 9.59 Å². The highest BCUT2D eigenvalue weighted by molar-refractivity contribution is 5.96. The maximum Gasteiger partial charge on any atom is 0.306 e. The molecule has 0 unspecified atom stereocenters. The number of carbonyl (C=O) groups excluding carboxylic acids is 2. The van der Waals surface area contributed by atoms with Crippen molar-refractivity contribution in [3.05, 3.63) is 59.7 Å². The lowest BCUT2D eigenvalue weighted by Crippen LogP contribution is -2.30. The lowest BCUT2D eigenvalue weighted by atomic mass is 10.1. The first-order valence-electron chi connectivity index (χ1n) is 8.16. The number of esters is 1. The third-order valence-corrected chi connectivity index (χ3v) is 3.76. The van der Waals surface area contributed by atoms with E-state index in [1.807, 2.05) is 30.3 Å². The molecule has 0 spiro atoms. The van der Waals surface area contributed by atoms with Gasteiger partial charge in [0.2, 0.25) is 0 Å². The van der Waals surface area contributed by atoms with E-state index in [0.717, 1.165) is 11.3 Å². The number of benzene rings is 2. The van der Waals surface area contributed by atoms with Crippen molar-refractivity contribution in [1.82, 2.24) is 0 Å². The summed E-state index contributed by atoms with van der Waals surface area (Å²) in [5.74, 6) is -0.193. The van der Waals surface area contributed by atoms with E-state index in [9.17, 15) is 9.59 Å². The van der Waals surface area contributed by atoms with Crippen LogP contribution in [-0.2, 0) is 20.7 Å². The van der Waals surface area contributed by atoms with Crippen LogP contribution in [0.15, 0.2) is 48.5 Å². The number of para-hydroxylation sites is 1. The van der Waals surface area contributed by atoms with Gasteiger partial charge in [-0.05, 0) is 43.2 Å². The smallest absolute Gasteiger partial charge is 0.306 e. The van der Waals surface area contributed by atoms with E-state index in [4.69, 9.17) is 14.7 Å². The predicted molar refractivity (Wildman–Crippen MR) is 96.7 cm³/mol. The molecule has 0 radical (unpaired) electrons. The third kappa shape index (κ3) is 5.35. The third-order valence-electron chi connectivity index (χ3n) is 3.76. The van der Waals surface area contributed by atoms with Crippen LogP contribution in [0.25, 0.3) is 0 Å². The minimum Gasteiger partial charge on any atom is -0.497 e. The molecular weight excluding hydrogens is 332 g/mol. The molecule has 2 aromatic rings. The zero-order valence-electron chi connectivity index (χ0n) is 14.7. The van der Waals surface area contributed by atoms with Gasteiger partial charge in [-0.2, -0.15) is 5.26 Å². The number of amides is 1. The Balaban J connectivity index is 1.83. The molecule has 6 heteroatoms. The molecule has 0 saturated heterocycles. The molecule has 26 heavy (non-hydrogen) atoms. The van der Waals surface area contributed by atoms with Gasteiger partial charge < -0.3 is 14.8 Å². The second-order valence-electron chi connectivity index (χ2n) is 5.63. The van der Waals surface area contributed by atoms with E-state index < -0.39 is 18.0 Å². The van der Waals surface area contributed by atoms with Crippen LogP contribution in [0.2, 0.25) is 0 Å². The molecule has 0 heterocycles. The Morgan fingerprint density at radius 3 is 2.50 bits per heavy atom. The number of rotatable bonds is 7. The number of ether oxygens (including phenoxy) is 2. The Labute approximate surface area is 152 Å². The summed E-state index contributed by atoms with van der Waals surface area (Å²) in [6.07, 6.45) is -0.280. The van der Waals surface area contributed by atoms with Gasteiger partial charge in [0.15, 0.2) is 6.10 Å². The molecule has 2 aromatic carbocycles. The predicted octanol–water partition coefficient (Wildman–Crippen LogP) is 3.07. The SMILES string of the molecule is COc1ccc(CCC(=O)O[C@@H](C)C(=O)Nc2ccccc2C#N)cc1. The van der Waals surface area contributed by atoms with Crippen molar-refractivity contribution < 1.29 is 19.1 Å². The van der Waals surface area contributed by atoms with E-state index in [1.165, 1.54) is 6.92 Å². The van der Waals surface area contributed by atoms with Crippen LogP contribution >= 0.6 is 0 Å². The summed E-state index contributed by atoms with van der Waals surface area (Å²) < 4.78 is 10.2. The summed E-state index contributed by atoms with van der Waals surface area (Å²) in [4.78, 5) is 24.1. The van der Waals surface area contributed by atoms with E-state index >= 15 is 0 Å². The highest BCUT2D eigenvalue weighted by atomic mass is 16.5. The molecule has 2 rings (SSSR count). The van der Waals surface area contributed by atoms with E-state index in [2.05, 4.69) is 5.32 Å². The fourth-order valence-electron chi connectivity index (χ4n) is 2.27. The van der Waals surface area contributed by atoms with Crippen molar-refractivity contribution in [2.75, 3.05) is 12.4 Å².